The van der Waals surface area contributed by atoms with E-state index in [1.807, 2.05) is 18.4 Å². The number of nitrogen functional groups attached to an aromatic ring is 1. The monoisotopic (exact) mass is 360 g/mol. The molecule has 0 aliphatic rings. The van der Waals surface area contributed by atoms with Crippen molar-refractivity contribution in [2.45, 2.75) is 25.9 Å². The Labute approximate surface area is 148 Å². The van der Waals surface area contributed by atoms with E-state index in [2.05, 4.69) is 20.3 Å². The van der Waals surface area contributed by atoms with Crippen molar-refractivity contribution in [1.82, 2.24) is 19.5 Å². The Morgan fingerprint density at radius 1 is 1.28 bits per heavy atom. The van der Waals surface area contributed by atoms with Crippen LogP contribution in [0.5, 0.6) is 0 Å². The Morgan fingerprint density at radius 3 is 2.56 bits per heavy atom. The molecule has 1 unspecified atom stereocenters. The number of hydrogen-bond acceptors (Lipinski definition) is 6. The Hall–Kier alpha value is -2.87. The second-order valence-electron chi connectivity index (χ2n) is 5.82. The molecule has 4 N–H and O–H groups in total. The average Bonchev–Trinajstić information content (AvgIpc) is 2.97. The van der Waals surface area contributed by atoms with Gasteiger partial charge in [-0.2, -0.15) is 9.97 Å². The molecule has 0 radical (unpaired) electrons. The first-order valence-electron chi connectivity index (χ1n) is 7.61. The van der Waals surface area contributed by atoms with Gasteiger partial charge in [-0.1, -0.05) is 23.7 Å². The van der Waals surface area contributed by atoms with Gasteiger partial charge in [0.25, 0.3) is 0 Å². The molecule has 0 bridgehead atoms. The summed E-state index contributed by atoms with van der Waals surface area (Å²) in [5.74, 6) is -0.752. The van der Waals surface area contributed by atoms with Crippen LogP contribution in [0.3, 0.4) is 0 Å². The van der Waals surface area contributed by atoms with Gasteiger partial charge < -0.3 is 20.7 Å². The number of hydrogen-bond donors (Lipinski definition) is 3. The number of nitrogens with two attached hydrogens (primary N) is 1. The van der Waals surface area contributed by atoms with E-state index in [4.69, 9.17) is 17.3 Å². The van der Waals surface area contributed by atoms with Gasteiger partial charge in [-0.3, -0.25) is 0 Å². The molecule has 130 valence electrons. The molecule has 9 heteroatoms. The second-order valence-corrected chi connectivity index (χ2v) is 6.25. The lowest BCUT2D eigenvalue weighted by atomic mass is 10.1. The minimum atomic E-state index is -1.06. The van der Waals surface area contributed by atoms with Crippen LogP contribution in [0, 0.1) is 0 Å². The van der Waals surface area contributed by atoms with E-state index < -0.39 is 12.0 Å². The number of nitrogens with zero attached hydrogens (tertiary/aromatic N) is 4. The van der Waals surface area contributed by atoms with E-state index in [0.717, 1.165) is 0 Å². The van der Waals surface area contributed by atoms with E-state index in [9.17, 15) is 9.90 Å². The maximum Gasteiger partial charge on any atom is 0.330 e. The number of carbonyl (C=O) groups is 1. The normalized spacial score (nSPS) is 12.5. The van der Waals surface area contributed by atoms with Gasteiger partial charge in [-0.25, -0.2) is 9.78 Å². The number of nitrogens with one attached hydrogen (secondary N) is 1. The van der Waals surface area contributed by atoms with Crippen molar-refractivity contribution in [2.75, 3.05) is 11.1 Å². The first-order valence-corrected chi connectivity index (χ1v) is 7.99. The van der Waals surface area contributed by atoms with E-state index in [0.29, 0.717) is 21.7 Å². The fraction of sp³-hybridized carbons (Fsp3) is 0.250. The molecule has 1 atom stereocenters. The smallest absolute Gasteiger partial charge is 0.330 e. The fourth-order valence-electron chi connectivity index (χ4n) is 2.49. The van der Waals surface area contributed by atoms with Crippen LogP contribution in [0.4, 0.5) is 11.8 Å². The zero-order chi connectivity index (χ0) is 18.1. The van der Waals surface area contributed by atoms with Crippen LogP contribution in [0.1, 0.15) is 31.5 Å². The Morgan fingerprint density at radius 2 is 1.96 bits per heavy atom. The summed E-state index contributed by atoms with van der Waals surface area (Å²) in [6, 6.07) is 5.64. The number of benzene rings is 1. The topological polar surface area (TPSA) is 119 Å². The summed E-state index contributed by atoms with van der Waals surface area (Å²) in [5.41, 5.74) is 7.34. The van der Waals surface area contributed by atoms with Crippen molar-refractivity contribution in [2.24, 2.45) is 0 Å². The third kappa shape index (κ3) is 3.34. The van der Waals surface area contributed by atoms with Crippen LogP contribution >= 0.6 is 11.6 Å². The molecule has 0 aliphatic carbocycles. The molecule has 2 heterocycles. The van der Waals surface area contributed by atoms with Crippen molar-refractivity contribution in [3.63, 3.8) is 0 Å². The van der Waals surface area contributed by atoms with Gasteiger partial charge in [0.1, 0.15) is 0 Å². The molecule has 25 heavy (non-hydrogen) atoms. The van der Waals surface area contributed by atoms with Crippen LogP contribution in [0.25, 0.3) is 11.2 Å². The van der Waals surface area contributed by atoms with Gasteiger partial charge in [0.05, 0.1) is 6.33 Å². The lowest BCUT2D eigenvalue weighted by molar-refractivity contribution is -0.138. The van der Waals surface area contributed by atoms with Gasteiger partial charge in [0, 0.05) is 11.1 Å². The Balaban J connectivity index is 2.05. The zero-order valence-corrected chi connectivity index (χ0v) is 14.4. The van der Waals surface area contributed by atoms with Crippen LogP contribution in [-0.2, 0) is 4.79 Å². The van der Waals surface area contributed by atoms with Crippen molar-refractivity contribution in [3.8, 4) is 0 Å². The molecule has 0 saturated heterocycles. The largest absolute Gasteiger partial charge is 0.479 e. The third-order valence-electron chi connectivity index (χ3n) is 3.73. The molecule has 0 aliphatic heterocycles. The van der Waals surface area contributed by atoms with Crippen molar-refractivity contribution < 1.29 is 9.90 Å². The number of rotatable bonds is 5. The van der Waals surface area contributed by atoms with Crippen LogP contribution < -0.4 is 11.1 Å². The molecule has 0 spiro atoms. The standard InChI is InChI=1S/C16H17ClN6O2/c1-8(2)23-7-19-12-13(21-16(18)22-14(12)23)20-11(15(24)25)9-3-5-10(17)6-4-9/h3-8,11H,1-2H3,(H,24,25)(H3,18,20,21,22). The van der Waals surface area contributed by atoms with Crippen LogP contribution in [0.15, 0.2) is 30.6 Å². The number of carboxylic acids is 1. The minimum absolute atomic E-state index is 0.0395. The highest BCUT2D eigenvalue weighted by molar-refractivity contribution is 6.30. The molecule has 0 amide bonds. The minimum Gasteiger partial charge on any atom is -0.479 e. The molecule has 3 rings (SSSR count). The maximum absolute atomic E-state index is 11.7. The van der Waals surface area contributed by atoms with Gasteiger partial charge in [-0.05, 0) is 31.5 Å². The van der Waals surface area contributed by atoms with Crippen molar-refractivity contribution in [1.29, 1.82) is 0 Å². The Bertz CT molecular complexity index is 922. The number of aliphatic carboxylic acids is 1. The molecule has 2 aromatic heterocycles. The van der Waals surface area contributed by atoms with Crippen LogP contribution in [0.2, 0.25) is 5.02 Å². The lowest BCUT2D eigenvalue weighted by Crippen LogP contribution is -2.21. The summed E-state index contributed by atoms with van der Waals surface area (Å²) >= 11 is 5.87. The summed E-state index contributed by atoms with van der Waals surface area (Å²) in [6.45, 7) is 3.97. The number of anilines is 2. The molecule has 8 nitrogen and oxygen atoms in total. The number of aromatic nitrogens is 4. The predicted octanol–water partition coefficient (Wildman–Crippen LogP) is 2.88. The lowest BCUT2D eigenvalue weighted by Gasteiger charge is -2.16. The molecule has 3 aromatic rings. The van der Waals surface area contributed by atoms with Gasteiger partial charge >= 0.3 is 5.97 Å². The summed E-state index contributed by atoms with van der Waals surface area (Å²) in [7, 11) is 0. The van der Waals surface area contributed by atoms with E-state index in [1.165, 1.54) is 0 Å². The van der Waals surface area contributed by atoms with Crippen molar-refractivity contribution in [3.05, 3.63) is 41.2 Å². The van der Waals surface area contributed by atoms with E-state index >= 15 is 0 Å². The van der Waals surface area contributed by atoms with E-state index in [1.54, 1.807) is 30.6 Å². The SMILES string of the molecule is CC(C)n1cnc2c(NC(C(=O)O)c3ccc(Cl)cc3)nc(N)nc21. The first-order chi connectivity index (χ1) is 11.9. The summed E-state index contributed by atoms with van der Waals surface area (Å²) in [5, 5.41) is 13.0. The number of fused-ring (bicyclic) bond motifs is 1. The summed E-state index contributed by atoms with van der Waals surface area (Å²) in [6.07, 6.45) is 1.63. The molecule has 1 aromatic carbocycles. The number of carboxylic acid groups (broad SMARTS) is 1. The highest BCUT2D eigenvalue weighted by atomic mass is 35.5. The van der Waals surface area contributed by atoms with Crippen molar-refractivity contribution >= 4 is 40.5 Å². The van der Waals surface area contributed by atoms with E-state index in [-0.39, 0.29) is 17.8 Å². The maximum atomic E-state index is 11.7. The summed E-state index contributed by atoms with van der Waals surface area (Å²) in [4.78, 5) is 24.4. The van der Waals surface area contributed by atoms with Gasteiger partial charge in [0.2, 0.25) is 5.95 Å². The van der Waals surface area contributed by atoms with Gasteiger partial charge in [-0.15, -0.1) is 0 Å². The highest BCUT2D eigenvalue weighted by Gasteiger charge is 2.23. The van der Waals surface area contributed by atoms with Gasteiger partial charge in [0.15, 0.2) is 23.0 Å². The quantitative estimate of drug-likeness (QED) is 0.640. The second kappa shape index (κ2) is 6.56. The fourth-order valence-corrected chi connectivity index (χ4v) is 2.62. The molecular formula is C16H17ClN6O2. The molecule has 0 saturated carbocycles. The predicted molar refractivity (Wildman–Crippen MR) is 95.6 cm³/mol. The molecular weight excluding hydrogens is 344 g/mol. The Kier molecular flexibility index (Phi) is 4.45. The number of halogens is 1. The zero-order valence-electron chi connectivity index (χ0n) is 13.6. The highest BCUT2D eigenvalue weighted by Crippen LogP contribution is 2.27. The summed E-state index contributed by atoms with van der Waals surface area (Å²) < 4.78 is 1.84. The number of imidazole rings is 1. The van der Waals surface area contributed by atoms with Crippen LogP contribution in [-0.4, -0.2) is 30.6 Å². The first kappa shape index (κ1) is 17.0. The average molecular weight is 361 g/mol. The third-order valence-corrected chi connectivity index (χ3v) is 3.98. The molecule has 0 fully saturated rings.